The van der Waals surface area contributed by atoms with E-state index in [-0.39, 0.29) is 5.97 Å². The number of hydrogen-bond acceptors (Lipinski definition) is 4. The van der Waals surface area contributed by atoms with Crippen molar-refractivity contribution in [3.63, 3.8) is 0 Å². The van der Waals surface area contributed by atoms with Gasteiger partial charge in [-0.2, -0.15) is 0 Å². The number of ether oxygens (including phenoxy) is 1. The molecule has 1 saturated carbocycles. The van der Waals surface area contributed by atoms with Gasteiger partial charge in [-0.15, -0.1) is 0 Å². The van der Waals surface area contributed by atoms with Crippen LogP contribution in [0.25, 0.3) is 0 Å². The molecule has 2 bridgehead atoms. The first kappa shape index (κ1) is 17.6. The normalized spacial score (nSPS) is 24.7. The molecule has 136 valence electrons. The second-order valence-corrected chi connectivity index (χ2v) is 8.23. The molecule has 26 heavy (non-hydrogen) atoms. The van der Waals surface area contributed by atoms with Crippen LogP contribution in [0.3, 0.4) is 0 Å². The predicted octanol–water partition coefficient (Wildman–Crippen LogP) is 4.10. The van der Waals surface area contributed by atoms with Crippen LogP contribution in [-0.2, 0) is 11.3 Å². The molecule has 0 radical (unpaired) electrons. The highest BCUT2D eigenvalue weighted by Crippen LogP contribution is 2.43. The van der Waals surface area contributed by atoms with E-state index in [2.05, 4.69) is 51.2 Å². The van der Waals surface area contributed by atoms with Crippen LogP contribution in [0.2, 0.25) is 0 Å². The lowest BCUT2D eigenvalue weighted by Gasteiger charge is -2.27. The zero-order chi connectivity index (χ0) is 18.1. The summed E-state index contributed by atoms with van der Waals surface area (Å²) >= 11 is 3.38. The fourth-order valence-electron chi connectivity index (χ4n) is 4.45. The van der Waals surface area contributed by atoms with Gasteiger partial charge in [0.15, 0.2) is 0 Å². The molecule has 0 aromatic heterocycles. The van der Waals surface area contributed by atoms with E-state index in [1.807, 2.05) is 6.07 Å². The highest BCUT2D eigenvalue weighted by molar-refractivity contribution is 9.10. The molecule has 4 nitrogen and oxygen atoms in total. The molecule has 0 spiro atoms. The Kier molecular flexibility index (Phi) is 5.00. The third-order valence-electron chi connectivity index (χ3n) is 5.74. The van der Waals surface area contributed by atoms with Crippen LogP contribution in [0.5, 0.6) is 0 Å². The van der Waals surface area contributed by atoms with Gasteiger partial charge in [0.1, 0.15) is 0 Å². The van der Waals surface area contributed by atoms with Gasteiger partial charge in [-0.25, -0.2) is 4.79 Å². The molecular weight excluding hydrogens is 392 g/mol. The van der Waals surface area contributed by atoms with Crippen molar-refractivity contribution in [1.29, 1.82) is 0 Å². The zero-order valence-electron chi connectivity index (χ0n) is 14.6. The van der Waals surface area contributed by atoms with Crippen molar-refractivity contribution in [3.8, 4) is 0 Å². The van der Waals surface area contributed by atoms with Crippen molar-refractivity contribution in [2.24, 2.45) is 11.8 Å². The van der Waals surface area contributed by atoms with Crippen molar-refractivity contribution in [3.05, 3.63) is 64.1 Å². The summed E-state index contributed by atoms with van der Waals surface area (Å²) in [5.74, 6) is 0.720. The van der Waals surface area contributed by atoms with Crippen LogP contribution in [0, 0.1) is 11.8 Å². The van der Waals surface area contributed by atoms with Crippen LogP contribution in [-0.4, -0.2) is 30.1 Å². The maximum Gasteiger partial charge on any atom is 0.340 e. The number of nitrogens with two attached hydrogens (primary N) is 1. The summed E-state index contributed by atoms with van der Waals surface area (Å²) in [5, 5.41) is 0. The van der Waals surface area contributed by atoms with Gasteiger partial charge in [-0.05, 0) is 42.5 Å². The summed E-state index contributed by atoms with van der Waals surface area (Å²) in [6, 6.07) is 16.4. The van der Waals surface area contributed by atoms with Gasteiger partial charge in [0.25, 0.3) is 0 Å². The summed E-state index contributed by atoms with van der Waals surface area (Å²) in [6.45, 7) is 2.55. The molecule has 1 heterocycles. The third kappa shape index (κ3) is 3.51. The molecule has 2 aromatic rings. The second kappa shape index (κ2) is 7.41. The van der Waals surface area contributed by atoms with Crippen molar-refractivity contribution < 1.29 is 9.53 Å². The third-order valence-corrected chi connectivity index (χ3v) is 6.23. The number of carbonyl (C=O) groups excluding carboxylic acids is 1. The molecule has 2 N–H and O–H groups in total. The minimum atomic E-state index is -0.329. The quantitative estimate of drug-likeness (QED) is 0.590. The fraction of sp³-hybridized carbons (Fsp3) is 0.381. The van der Waals surface area contributed by atoms with E-state index in [9.17, 15) is 4.79 Å². The Morgan fingerprint density at radius 3 is 2.81 bits per heavy atom. The minimum absolute atomic E-state index is 0.329. The number of hydrogen-bond donors (Lipinski definition) is 1. The highest BCUT2D eigenvalue weighted by atomic mass is 79.9. The SMILES string of the molecule is Nc1ccc(Br)cc1C(=O)OCC1[C@H]2CC[C@@H]1N(Cc1ccccc1)C2. The number of likely N-dealkylation sites (tertiary alicyclic amines) is 1. The van der Waals surface area contributed by atoms with E-state index >= 15 is 0 Å². The average molecular weight is 415 g/mol. The molecular formula is C21H23BrN2O2. The first-order valence-electron chi connectivity index (χ1n) is 9.12. The Labute approximate surface area is 162 Å². The van der Waals surface area contributed by atoms with E-state index in [4.69, 9.17) is 10.5 Å². The number of carbonyl (C=O) groups is 1. The first-order chi connectivity index (χ1) is 12.6. The molecule has 2 aromatic carbocycles. The maximum absolute atomic E-state index is 12.4. The van der Waals surface area contributed by atoms with Gasteiger partial charge in [-0.3, -0.25) is 4.90 Å². The maximum atomic E-state index is 12.4. The van der Waals surface area contributed by atoms with Crippen LogP contribution in [0.15, 0.2) is 53.0 Å². The average Bonchev–Trinajstić information content (AvgIpc) is 3.19. The Morgan fingerprint density at radius 2 is 2.00 bits per heavy atom. The second-order valence-electron chi connectivity index (χ2n) is 7.31. The van der Waals surface area contributed by atoms with E-state index in [0.717, 1.165) is 17.6 Å². The summed E-state index contributed by atoms with van der Waals surface area (Å²) in [7, 11) is 0. The van der Waals surface area contributed by atoms with Crippen LogP contribution < -0.4 is 5.73 Å². The number of halogens is 1. The monoisotopic (exact) mass is 414 g/mol. The summed E-state index contributed by atoms with van der Waals surface area (Å²) in [5.41, 5.74) is 8.16. The molecule has 3 atom stereocenters. The molecule has 1 aliphatic carbocycles. The number of nitrogen functional groups attached to an aromatic ring is 1. The number of fused-ring (bicyclic) bond motifs is 2. The van der Waals surface area contributed by atoms with Crippen molar-refractivity contribution in [2.45, 2.75) is 25.4 Å². The standard InChI is InChI=1S/C21H23BrN2O2/c22-16-7-8-19(23)17(10-16)21(25)26-13-18-15-6-9-20(18)24(12-15)11-14-4-2-1-3-5-14/h1-5,7-8,10,15,18,20H,6,9,11-13,23H2/t15-,18?,20-/m0/s1. The fourth-order valence-corrected chi connectivity index (χ4v) is 4.81. The van der Waals surface area contributed by atoms with Crippen molar-refractivity contribution in [2.75, 3.05) is 18.9 Å². The predicted molar refractivity (Wildman–Crippen MR) is 106 cm³/mol. The van der Waals surface area contributed by atoms with E-state index in [1.54, 1.807) is 12.1 Å². The lowest BCUT2D eigenvalue weighted by Crippen LogP contribution is -2.33. The molecule has 4 rings (SSSR count). The Morgan fingerprint density at radius 1 is 1.19 bits per heavy atom. The summed E-state index contributed by atoms with van der Waals surface area (Å²) in [4.78, 5) is 15.0. The summed E-state index contributed by atoms with van der Waals surface area (Å²) in [6.07, 6.45) is 2.43. The zero-order valence-corrected chi connectivity index (χ0v) is 16.2. The van der Waals surface area contributed by atoms with E-state index < -0.39 is 0 Å². The van der Waals surface area contributed by atoms with E-state index in [0.29, 0.717) is 35.7 Å². The number of rotatable bonds is 5. The van der Waals surface area contributed by atoms with Gasteiger partial charge in [0.2, 0.25) is 0 Å². The lowest BCUT2D eigenvalue weighted by molar-refractivity contribution is 0.0409. The molecule has 2 aliphatic rings. The number of nitrogens with zero attached hydrogens (tertiary/aromatic N) is 1. The Hall–Kier alpha value is -1.85. The first-order valence-corrected chi connectivity index (χ1v) is 9.91. The number of anilines is 1. The Balaban J connectivity index is 1.38. The van der Waals surface area contributed by atoms with Crippen LogP contribution in [0.4, 0.5) is 5.69 Å². The molecule has 1 aliphatic heterocycles. The molecule has 1 saturated heterocycles. The van der Waals surface area contributed by atoms with Crippen LogP contribution >= 0.6 is 15.9 Å². The molecule has 0 amide bonds. The molecule has 1 unspecified atom stereocenters. The summed E-state index contributed by atoms with van der Waals surface area (Å²) < 4.78 is 6.49. The van der Waals surface area contributed by atoms with Gasteiger partial charge >= 0.3 is 5.97 Å². The topological polar surface area (TPSA) is 55.6 Å². The van der Waals surface area contributed by atoms with Gasteiger partial charge in [0, 0.05) is 35.2 Å². The number of benzene rings is 2. The lowest BCUT2D eigenvalue weighted by atomic mass is 9.99. The van der Waals surface area contributed by atoms with Gasteiger partial charge in [0.05, 0.1) is 12.2 Å². The number of esters is 1. The highest BCUT2D eigenvalue weighted by Gasteiger charge is 2.47. The Bertz CT molecular complexity index is 796. The van der Waals surface area contributed by atoms with Gasteiger partial charge in [-0.1, -0.05) is 46.3 Å². The number of piperidine rings is 1. The minimum Gasteiger partial charge on any atom is -0.462 e. The molecule has 2 fully saturated rings. The largest absolute Gasteiger partial charge is 0.462 e. The van der Waals surface area contributed by atoms with Crippen molar-refractivity contribution in [1.82, 2.24) is 4.90 Å². The smallest absolute Gasteiger partial charge is 0.340 e. The van der Waals surface area contributed by atoms with E-state index in [1.165, 1.54) is 18.4 Å². The van der Waals surface area contributed by atoms with Gasteiger partial charge < -0.3 is 10.5 Å². The van der Waals surface area contributed by atoms with Crippen LogP contribution in [0.1, 0.15) is 28.8 Å². The van der Waals surface area contributed by atoms with Crippen molar-refractivity contribution >= 4 is 27.6 Å². The molecule has 5 heteroatoms.